The number of amides is 2. The van der Waals surface area contributed by atoms with Gasteiger partial charge in [0.05, 0.1) is 13.3 Å². The van der Waals surface area contributed by atoms with Crippen molar-refractivity contribution in [2.45, 2.75) is 6.42 Å². The zero-order valence-electron chi connectivity index (χ0n) is 13.7. The van der Waals surface area contributed by atoms with Gasteiger partial charge in [0, 0.05) is 18.5 Å². The molecule has 0 bridgehead atoms. The molecule has 7 nitrogen and oxygen atoms in total. The van der Waals surface area contributed by atoms with Crippen LogP contribution in [0.3, 0.4) is 0 Å². The molecule has 2 amide bonds. The van der Waals surface area contributed by atoms with Gasteiger partial charge in [0.2, 0.25) is 5.91 Å². The molecule has 0 radical (unpaired) electrons. The Balaban J connectivity index is 1.70. The van der Waals surface area contributed by atoms with Crippen LogP contribution < -0.4 is 15.5 Å². The molecule has 0 atom stereocenters. The number of benzene rings is 2. The van der Waals surface area contributed by atoms with Crippen LogP contribution >= 0.6 is 0 Å². The average molecular weight is 341 g/mol. The fourth-order valence-electron chi connectivity index (χ4n) is 1.93. The number of carbonyl (C=O) groups is 2. The number of aromatic hydroxyl groups is 1. The van der Waals surface area contributed by atoms with Crippen LogP contribution in [0, 0.1) is 0 Å². The Labute approximate surface area is 145 Å². The number of ether oxygens (including phenoxy) is 1. The largest absolute Gasteiger partial charge is 0.508 e. The van der Waals surface area contributed by atoms with Crippen LogP contribution in [0.5, 0.6) is 11.5 Å². The third-order valence-electron chi connectivity index (χ3n) is 3.29. The van der Waals surface area contributed by atoms with Crippen LogP contribution in [0.4, 0.5) is 0 Å². The minimum atomic E-state index is -0.315. The van der Waals surface area contributed by atoms with E-state index in [4.69, 9.17) is 9.84 Å². The summed E-state index contributed by atoms with van der Waals surface area (Å²) in [5, 5.41) is 15.6. The van der Waals surface area contributed by atoms with Gasteiger partial charge in [0.25, 0.3) is 5.91 Å². The Kier molecular flexibility index (Phi) is 6.53. The monoisotopic (exact) mass is 341 g/mol. The van der Waals surface area contributed by atoms with E-state index in [-0.39, 0.29) is 30.5 Å². The first kappa shape index (κ1) is 18.0. The maximum atomic E-state index is 11.9. The number of rotatable bonds is 7. The summed E-state index contributed by atoms with van der Waals surface area (Å²) >= 11 is 0. The van der Waals surface area contributed by atoms with Crippen LogP contribution in [-0.4, -0.2) is 36.8 Å². The summed E-state index contributed by atoms with van der Waals surface area (Å²) in [7, 11) is 1.55. The molecule has 0 heterocycles. The maximum Gasteiger partial charge on any atom is 0.251 e. The molecular formula is C18H19N3O4. The molecule has 0 aliphatic carbocycles. The van der Waals surface area contributed by atoms with E-state index in [1.165, 1.54) is 18.3 Å². The first-order valence-electron chi connectivity index (χ1n) is 7.61. The fourth-order valence-corrected chi connectivity index (χ4v) is 1.93. The normalized spacial score (nSPS) is 10.4. The summed E-state index contributed by atoms with van der Waals surface area (Å²) in [5.41, 5.74) is 3.61. The lowest BCUT2D eigenvalue weighted by molar-refractivity contribution is -0.120. The van der Waals surface area contributed by atoms with Gasteiger partial charge in [0.1, 0.15) is 11.5 Å². The van der Waals surface area contributed by atoms with Crippen LogP contribution in [0.1, 0.15) is 22.3 Å². The van der Waals surface area contributed by atoms with Gasteiger partial charge >= 0.3 is 0 Å². The van der Waals surface area contributed by atoms with Crippen molar-refractivity contribution in [3.8, 4) is 11.5 Å². The molecule has 2 aromatic carbocycles. The number of hydrogen-bond acceptors (Lipinski definition) is 5. The van der Waals surface area contributed by atoms with Crippen molar-refractivity contribution in [2.75, 3.05) is 13.7 Å². The van der Waals surface area contributed by atoms with Crippen molar-refractivity contribution in [3.05, 3.63) is 59.7 Å². The second-order valence-corrected chi connectivity index (χ2v) is 5.12. The van der Waals surface area contributed by atoms with E-state index in [0.717, 1.165) is 5.56 Å². The van der Waals surface area contributed by atoms with Gasteiger partial charge in [-0.25, -0.2) is 5.43 Å². The molecular weight excluding hydrogens is 322 g/mol. The van der Waals surface area contributed by atoms with Crippen LogP contribution in [0.2, 0.25) is 0 Å². The number of hydrazone groups is 1. The quantitative estimate of drug-likeness (QED) is 0.527. The summed E-state index contributed by atoms with van der Waals surface area (Å²) in [6.07, 6.45) is 1.57. The average Bonchev–Trinajstić information content (AvgIpc) is 2.63. The van der Waals surface area contributed by atoms with E-state index in [2.05, 4.69) is 15.8 Å². The molecule has 0 saturated heterocycles. The van der Waals surface area contributed by atoms with Crippen molar-refractivity contribution < 1.29 is 19.4 Å². The van der Waals surface area contributed by atoms with E-state index in [1.54, 1.807) is 43.5 Å². The topological polar surface area (TPSA) is 100 Å². The third-order valence-corrected chi connectivity index (χ3v) is 3.29. The third kappa shape index (κ3) is 5.98. The van der Waals surface area contributed by atoms with E-state index < -0.39 is 0 Å². The Morgan fingerprint density at radius 2 is 1.80 bits per heavy atom. The predicted molar refractivity (Wildman–Crippen MR) is 93.8 cm³/mol. The van der Waals surface area contributed by atoms with Gasteiger partial charge in [-0.3, -0.25) is 9.59 Å². The first-order chi connectivity index (χ1) is 12.1. The van der Waals surface area contributed by atoms with Gasteiger partial charge in [-0.1, -0.05) is 0 Å². The molecule has 0 aliphatic heterocycles. The number of carbonyl (C=O) groups excluding carboxylic acids is 2. The molecule has 0 aromatic heterocycles. The summed E-state index contributed by atoms with van der Waals surface area (Å²) in [6.45, 7) is 0.200. The number of methoxy groups -OCH3 is 1. The molecule has 0 aliphatic rings. The van der Waals surface area contributed by atoms with Gasteiger partial charge in [-0.15, -0.1) is 0 Å². The second-order valence-electron chi connectivity index (χ2n) is 5.12. The Morgan fingerprint density at radius 1 is 1.12 bits per heavy atom. The smallest absolute Gasteiger partial charge is 0.251 e. The van der Waals surface area contributed by atoms with Gasteiger partial charge in [0.15, 0.2) is 0 Å². The van der Waals surface area contributed by atoms with Crippen molar-refractivity contribution in [1.29, 1.82) is 0 Å². The number of phenolic OH excluding ortho intramolecular Hbond substituents is 1. The second kappa shape index (κ2) is 9.07. The lowest BCUT2D eigenvalue weighted by Gasteiger charge is -2.05. The summed E-state index contributed by atoms with van der Waals surface area (Å²) in [5.74, 6) is 0.254. The summed E-state index contributed by atoms with van der Waals surface area (Å²) in [4.78, 5) is 23.6. The first-order valence-corrected chi connectivity index (χ1v) is 7.61. The molecule has 2 aromatic rings. The zero-order chi connectivity index (χ0) is 18.1. The van der Waals surface area contributed by atoms with E-state index in [9.17, 15) is 9.59 Å². The molecule has 2 rings (SSSR count). The zero-order valence-corrected chi connectivity index (χ0v) is 13.7. The molecule has 7 heteroatoms. The maximum absolute atomic E-state index is 11.9. The van der Waals surface area contributed by atoms with E-state index in [1.807, 2.05) is 0 Å². The van der Waals surface area contributed by atoms with Gasteiger partial charge in [-0.2, -0.15) is 5.10 Å². The van der Waals surface area contributed by atoms with Crippen LogP contribution in [0.15, 0.2) is 53.6 Å². The van der Waals surface area contributed by atoms with Crippen molar-refractivity contribution in [2.24, 2.45) is 5.10 Å². The molecule has 130 valence electrons. The Morgan fingerprint density at radius 3 is 2.44 bits per heavy atom. The molecule has 0 saturated carbocycles. The fraction of sp³-hybridized carbons (Fsp3) is 0.167. The lowest BCUT2D eigenvalue weighted by Crippen LogP contribution is -2.29. The van der Waals surface area contributed by atoms with Crippen molar-refractivity contribution in [1.82, 2.24) is 10.7 Å². The molecule has 3 N–H and O–H groups in total. The minimum Gasteiger partial charge on any atom is -0.508 e. The summed E-state index contributed by atoms with van der Waals surface area (Å²) in [6, 6.07) is 13.1. The highest BCUT2D eigenvalue weighted by atomic mass is 16.5. The van der Waals surface area contributed by atoms with E-state index in [0.29, 0.717) is 11.3 Å². The van der Waals surface area contributed by atoms with Crippen molar-refractivity contribution in [3.63, 3.8) is 0 Å². The highest BCUT2D eigenvalue weighted by Gasteiger charge is 2.06. The molecule has 0 fully saturated rings. The molecule has 0 spiro atoms. The minimum absolute atomic E-state index is 0.106. The summed E-state index contributed by atoms with van der Waals surface area (Å²) < 4.78 is 5.03. The highest BCUT2D eigenvalue weighted by Crippen LogP contribution is 2.11. The van der Waals surface area contributed by atoms with Crippen LogP contribution in [-0.2, 0) is 4.79 Å². The van der Waals surface area contributed by atoms with Crippen LogP contribution in [0.25, 0.3) is 0 Å². The molecule has 25 heavy (non-hydrogen) atoms. The number of nitrogens with one attached hydrogen (secondary N) is 2. The predicted octanol–water partition coefficient (Wildman–Crippen LogP) is 1.67. The van der Waals surface area contributed by atoms with Crippen molar-refractivity contribution >= 4 is 18.0 Å². The number of phenols is 1. The Bertz CT molecular complexity index is 740. The highest BCUT2D eigenvalue weighted by molar-refractivity contribution is 5.94. The van der Waals surface area contributed by atoms with Gasteiger partial charge in [-0.05, 0) is 54.1 Å². The Hall–Kier alpha value is -3.35. The van der Waals surface area contributed by atoms with Gasteiger partial charge < -0.3 is 15.2 Å². The molecule has 0 unspecified atom stereocenters. The number of hydrogen-bond donors (Lipinski definition) is 3. The number of nitrogens with zero attached hydrogens (tertiary/aromatic N) is 1. The lowest BCUT2D eigenvalue weighted by atomic mass is 10.2. The van der Waals surface area contributed by atoms with E-state index >= 15 is 0 Å². The SMILES string of the molecule is COc1ccc(C(=O)NCCC(=O)N/N=C/c2ccc(O)cc2)cc1. The standard InChI is InChI=1S/C18H19N3O4/c1-25-16-8-4-14(5-9-16)18(24)19-11-10-17(23)21-20-12-13-2-6-15(22)7-3-13/h2-9,12,22H,10-11H2,1H3,(H,19,24)(H,21,23)/b20-12+.